The van der Waals surface area contributed by atoms with Crippen LogP contribution in [0, 0.1) is 5.92 Å². The summed E-state index contributed by atoms with van der Waals surface area (Å²) in [6.07, 6.45) is 8.71. The molecule has 1 aliphatic carbocycles. The molecule has 2 aliphatic rings. The van der Waals surface area contributed by atoms with Crippen molar-refractivity contribution in [1.82, 2.24) is 0 Å². The lowest BCUT2D eigenvalue weighted by atomic mass is 9.95. The molecule has 2 rings (SSSR count). The Bertz CT molecular complexity index is 222. The van der Waals surface area contributed by atoms with E-state index in [1.807, 2.05) is 0 Å². The first-order chi connectivity index (χ1) is 7.78. The zero-order chi connectivity index (χ0) is 11.4. The fourth-order valence-electron chi connectivity index (χ4n) is 3.01. The standard InChI is InChI=1S/C13H23ClO2/c1-2-4-11-5-3-7-13(8-6-11)15-10-12(9-14)16-13/h11-12H,2-10H2,1H3. The van der Waals surface area contributed by atoms with Crippen LogP contribution in [-0.2, 0) is 9.47 Å². The van der Waals surface area contributed by atoms with Crippen molar-refractivity contribution in [2.24, 2.45) is 5.92 Å². The number of hydrogen-bond acceptors (Lipinski definition) is 2. The van der Waals surface area contributed by atoms with Crippen molar-refractivity contribution in [3.05, 3.63) is 0 Å². The smallest absolute Gasteiger partial charge is 0.168 e. The molecule has 3 atom stereocenters. The van der Waals surface area contributed by atoms with Crippen LogP contribution in [0.2, 0.25) is 0 Å². The Kier molecular flexibility index (Phi) is 4.51. The van der Waals surface area contributed by atoms with Crippen LogP contribution in [0.3, 0.4) is 0 Å². The molecule has 3 unspecified atom stereocenters. The van der Waals surface area contributed by atoms with Crippen LogP contribution in [0.1, 0.15) is 51.9 Å². The highest BCUT2D eigenvalue weighted by atomic mass is 35.5. The molecule has 94 valence electrons. The first kappa shape index (κ1) is 12.7. The monoisotopic (exact) mass is 246 g/mol. The molecule has 2 fully saturated rings. The lowest BCUT2D eigenvalue weighted by molar-refractivity contribution is -0.174. The average molecular weight is 247 g/mol. The first-order valence-electron chi connectivity index (χ1n) is 6.66. The zero-order valence-corrected chi connectivity index (χ0v) is 11.0. The van der Waals surface area contributed by atoms with E-state index in [9.17, 15) is 0 Å². The Balaban J connectivity index is 1.88. The normalized spacial score (nSPS) is 40.1. The van der Waals surface area contributed by atoms with Crippen LogP contribution in [-0.4, -0.2) is 24.4 Å². The van der Waals surface area contributed by atoms with Crippen LogP contribution < -0.4 is 0 Å². The number of hydrogen-bond donors (Lipinski definition) is 0. The molecular weight excluding hydrogens is 224 g/mol. The van der Waals surface area contributed by atoms with E-state index in [1.54, 1.807) is 0 Å². The molecule has 0 aromatic heterocycles. The molecule has 1 spiro atoms. The van der Waals surface area contributed by atoms with E-state index < -0.39 is 0 Å². The Labute approximate surface area is 104 Å². The lowest BCUT2D eigenvalue weighted by Crippen LogP contribution is -2.30. The molecule has 0 bridgehead atoms. The van der Waals surface area contributed by atoms with Crippen molar-refractivity contribution in [1.29, 1.82) is 0 Å². The van der Waals surface area contributed by atoms with Gasteiger partial charge < -0.3 is 9.47 Å². The van der Waals surface area contributed by atoms with E-state index in [2.05, 4.69) is 6.92 Å². The summed E-state index contributed by atoms with van der Waals surface area (Å²) < 4.78 is 11.9. The van der Waals surface area contributed by atoms with E-state index in [4.69, 9.17) is 21.1 Å². The second-order valence-electron chi connectivity index (χ2n) is 5.20. The minimum atomic E-state index is -0.276. The van der Waals surface area contributed by atoms with Gasteiger partial charge in [-0.1, -0.05) is 26.2 Å². The van der Waals surface area contributed by atoms with Crippen molar-refractivity contribution in [3.63, 3.8) is 0 Å². The van der Waals surface area contributed by atoms with Gasteiger partial charge in [0, 0.05) is 12.8 Å². The highest BCUT2D eigenvalue weighted by molar-refractivity contribution is 6.18. The largest absolute Gasteiger partial charge is 0.347 e. The van der Waals surface area contributed by atoms with Crippen molar-refractivity contribution in [3.8, 4) is 0 Å². The van der Waals surface area contributed by atoms with Crippen molar-refractivity contribution < 1.29 is 9.47 Å². The summed E-state index contributed by atoms with van der Waals surface area (Å²) in [5.41, 5.74) is 0. The van der Waals surface area contributed by atoms with Gasteiger partial charge in [0.1, 0.15) is 0 Å². The minimum Gasteiger partial charge on any atom is -0.347 e. The summed E-state index contributed by atoms with van der Waals surface area (Å²) in [7, 11) is 0. The van der Waals surface area contributed by atoms with E-state index in [1.165, 1.54) is 32.1 Å². The van der Waals surface area contributed by atoms with Gasteiger partial charge in [-0.05, 0) is 18.8 Å². The summed E-state index contributed by atoms with van der Waals surface area (Å²) in [5.74, 6) is 1.16. The fourth-order valence-corrected chi connectivity index (χ4v) is 3.16. The molecule has 0 radical (unpaired) electrons. The third kappa shape index (κ3) is 2.91. The quantitative estimate of drug-likeness (QED) is 0.707. The maximum Gasteiger partial charge on any atom is 0.168 e. The molecule has 16 heavy (non-hydrogen) atoms. The SMILES string of the molecule is CCCC1CCCC2(CC1)OCC(CCl)O2. The first-order valence-corrected chi connectivity index (χ1v) is 7.19. The van der Waals surface area contributed by atoms with Crippen molar-refractivity contribution in [2.75, 3.05) is 12.5 Å². The number of alkyl halides is 1. The molecule has 0 aromatic rings. The molecule has 1 heterocycles. The molecular formula is C13H23ClO2. The van der Waals surface area contributed by atoms with Gasteiger partial charge in [-0.3, -0.25) is 0 Å². The van der Waals surface area contributed by atoms with Gasteiger partial charge >= 0.3 is 0 Å². The van der Waals surface area contributed by atoms with Crippen molar-refractivity contribution >= 4 is 11.6 Å². The maximum absolute atomic E-state index is 5.99. The summed E-state index contributed by atoms with van der Waals surface area (Å²) in [6, 6.07) is 0. The molecule has 1 saturated heterocycles. The number of rotatable bonds is 3. The number of ether oxygens (including phenoxy) is 2. The second-order valence-corrected chi connectivity index (χ2v) is 5.51. The molecule has 3 heteroatoms. The average Bonchev–Trinajstić information content (AvgIpc) is 2.59. The Morgan fingerprint density at radius 1 is 1.31 bits per heavy atom. The number of halogens is 1. The summed E-state index contributed by atoms with van der Waals surface area (Å²) >= 11 is 5.82. The van der Waals surface area contributed by atoms with E-state index >= 15 is 0 Å². The molecule has 2 nitrogen and oxygen atoms in total. The third-order valence-corrected chi connectivity index (χ3v) is 4.23. The van der Waals surface area contributed by atoms with E-state index in [0.29, 0.717) is 12.5 Å². The molecule has 1 aliphatic heterocycles. The van der Waals surface area contributed by atoms with Gasteiger partial charge in [0.05, 0.1) is 18.6 Å². The van der Waals surface area contributed by atoms with E-state index in [0.717, 1.165) is 18.8 Å². The predicted octanol–water partition coefficient (Wildman–Crippen LogP) is 3.72. The van der Waals surface area contributed by atoms with Crippen LogP contribution in [0.25, 0.3) is 0 Å². The minimum absolute atomic E-state index is 0.115. The van der Waals surface area contributed by atoms with Gasteiger partial charge in [-0.25, -0.2) is 0 Å². The van der Waals surface area contributed by atoms with Crippen molar-refractivity contribution in [2.45, 2.75) is 63.8 Å². The maximum atomic E-state index is 5.99. The summed E-state index contributed by atoms with van der Waals surface area (Å²) in [6.45, 7) is 2.95. The zero-order valence-electron chi connectivity index (χ0n) is 10.2. The molecule has 0 aromatic carbocycles. The highest BCUT2D eigenvalue weighted by Crippen LogP contribution is 2.39. The van der Waals surface area contributed by atoms with E-state index in [-0.39, 0.29) is 11.9 Å². The molecule has 0 N–H and O–H groups in total. The Morgan fingerprint density at radius 3 is 2.88 bits per heavy atom. The molecule has 1 saturated carbocycles. The van der Waals surface area contributed by atoms with Gasteiger partial charge in [-0.15, -0.1) is 11.6 Å². The second kappa shape index (κ2) is 5.70. The van der Waals surface area contributed by atoms with Crippen LogP contribution in [0.5, 0.6) is 0 Å². The predicted molar refractivity (Wildman–Crippen MR) is 65.8 cm³/mol. The fraction of sp³-hybridized carbons (Fsp3) is 1.00. The van der Waals surface area contributed by atoms with Gasteiger partial charge in [0.2, 0.25) is 0 Å². The third-order valence-electron chi connectivity index (χ3n) is 3.89. The van der Waals surface area contributed by atoms with Gasteiger partial charge in [0.15, 0.2) is 5.79 Å². The Hall–Kier alpha value is 0.210. The van der Waals surface area contributed by atoms with Gasteiger partial charge in [-0.2, -0.15) is 0 Å². The Morgan fingerprint density at radius 2 is 2.19 bits per heavy atom. The van der Waals surface area contributed by atoms with Crippen LogP contribution in [0.15, 0.2) is 0 Å². The molecule has 0 amide bonds. The highest BCUT2D eigenvalue weighted by Gasteiger charge is 2.42. The van der Waals surface area contributed by atoms with Crippen LogP contribution >= 0.6 is 11.6 Å². The topological polar surface area (TPSA) is 18.5 Å². The lowest BCUT2D eigenvalue weighted by Gasteiger charge is -2.26. The summed E-state index contributed by atoms with van der Waals surface area (Å²) in [4.78, 5) is 0. The van der Waals surface area contributed by atoms with Gasteiger partial charge in [0.25, 0.3) is 0 Å². The summed E-state index contributed by atoms with van der Waals surface area (Å²) in [5, 5.41) is 0. The van der Waals surface area contributed by atoms with Crippen LogP contribution in [0.4, 0.5) is 0 Å².